The molecule has 0 saturated carbocycles. The average Bonchev–Trinajstić information content (AvgIpc) is 3.16. The zero-order valence-electron chi connectivity index (χ0n) is 15.7. The molecule has 3 aromatic carbocycles. The molecule has 28 heavy (non-hydrogen) atoms. The Morgan fingerprint density at radius 2 is 1.61 bits per heavy atom. The fourth-order valence-electron chi connectivity index (χ4n) is 3.20. The van der Waals surface area contributed by atoms with Crippen LogP contribution in [0.1, 0.15) is 27.2 Å². The van der Waals surface area contributed by atoms with Crippen molar-refractivity contribution in [1.29, 1.82) is 0 Å². The first-order valence-electron chi connectivity index (χ1n) is 9.25. The van der Waals surface area contributed by atoms with Gasteiger partial charge in [0.25, 0.3) is 5.91 Å². The Morgan fingerprint density at radius 1 is 0.893 bits per heavy atom. The first-order valence-corrected chi connectivity index (χ1v) is 9.25. The Labute approximate surface area is 164 Å². The van der Waals surface area contributed by atoms with Gasteiger partial charge in [-0.2, -0.15) is 5.10 Å². The van der Waals surface area contributed by atoms with Crippen molar-refractivity contribution in [2.75, 3.05) is 5.32 Å². The van der Waals surface area contributed by atoms with Gasteiger partial charge in [-0.05, 0) is 60.9 Å². The molecule has 0 aliphatic heterocycles. The molecule has 0 aliphatic rings. The van der Waals surface area contributed by atoms with E-state index in [9.17, 15) is 4.79 Å². The van der Waals surface area contributed by atoms with E-state index in [1.54, 1.807) is 6.20 Å². The molecule has 4 heteroatoms. The van der Waals surface area contributed by atoms with E-state index in [2.05, 4.69) is 22.5 Å². The van der Waals surface area contributed by atoms with Gasteiger partial charge in [0.2, 0.25) is 0 Å². The van der Waals surface area contributed by atoms with Crippen molar-refractivity contribution in [3.05, 3.63) is 114 Å². The molecule has 0 saturated heterocycles. The number of aromatic nitrogens is 2. The smallest absolute Gasteiger partial charge is 0.255 e. The predicted molar refractivity (Wildman–Crippen MR) is 112 cm³/mol. The van der Waals surface area contributed by atoms with Crippen molar-refractivity contribution in [2.24, 2.45) is 0 Å². The highest BCUT2D eigenvalue weighted by Crippen LogP contribution is 2.20. The SMILES string of the molecule is Cc1ccnn1-c1ccc(C(=O)Nc2ccccc2Cc2ccccc2)cc1. The molecule has 0 spiro atoms. The number of carbonyl (C=O) groups excluding carboxylic acids is 1. The molecule has 1 aromatic heterocycles. The van der Waals surface area contributed by atoms with Crippen LogP contribution < -0.4 is 5.32 Å². The van der Waals surface area contributed by atoms with Crippen molar-refractivity contribution in [3.8, 4) is 5.69 Å². The number of amides is 1. The van der Waals surface area contributed by atoms with Gasteiger partial charge >= 0.3 is 0 Å². The summed E-state index contributed by atoms with van der Waals surface area (Å²) in [6.45, 7) is 2.00. The first-order chi connectivity index (χ1) is 13.7. The molecule has 0 atom stereocenters. The summed E-state index contributed by atoms with van der Waals surface area (Å²) < 4.78 is 1.84. The average molecular weight is 367 g/mol. The normalized spacial score (nSPS) is 10.6. The van der Waals surface area contributed by atoms with E-state index in [1.807, 2.05) is 84.4 Å². The summed E-state index contributed by atoms with van der Waals surface area (Å²) in [7, 11) is 0. The fourth-order valence-corrected chi connectivity index (χ4v) is 3.20. The maximum absolute atomic E-state index is 12.7. The molecule has 0 unspecified atom stereocenters. The number of aryl methyl sites for hydroxylation is 1. The van der Waals surface area contributed by atoms with Gasteiger partial charge in [-0.25, -0.2) is 4.68 Å². The molecular weight excluding hydrogens is 346 g/mol. The van der Waals surface area contributed by atoms with Gasteiger partial charge in [0.05, 0.1) is 5.69 Å². The number of anilines is 1. The minimum absolute atomic E-state index is 0.121. The van der Waals surface area contributed by atoms with Crippen LogP contribution in [0.15, 0.2) is 91.1 Å². The lowest BCUT2D eigenvalue weighted by molar-refractivity contribution is 0.102. The molecule has 4 nitrogen and oxygen atoms in total. The number of rotatable bonds is 5. The second-order valence-corrected chi connectivity index (χ2v) is 6.70. The van der Waals surface area contributed by atoms with Gasteiger partial charge < -0.3 is 5.32 Å². The summed E-state index contributed by atoms with van der Waals surface area (Å²) in [5.74, 6) is -0.121. The lowest BCUT2D eigenvalue weighted by atomic mass is 10.0. The van der Waals surface area contributed by atoms with Gasteiger partial charge in [-0.3, -0.25) is 4.79 Å². The zero-order valence-corrected chi connectivity index (χ0v) is 15.7. The van der Waals surface area contributed by atoms with Crippen molar-refractivity contribution in [1.82, 2.24) is 9.78 Å². The molecule has 0 aliphatic carbocycles. The number of hydrogen-bond acceptors (Lipinski definition) is 2. The van der Waals surface area contributed by atoms with Crippen LogP contribution in [0, 0.1) is 6.92 Å². The maximum atomic E-state index is 12.7. The highest BCUT2D eigenvalue weighted by Gasteiger charge is 2.10. The quantitative estimate of drug-likeness (QED) is 0.538. The molecule has 4 aromatic rings. The van der Waals surface area contributed by atoms with Crippen LogP contribution >= 0.6 is 0 Å². The van der Waals surface area contributed by atoms with E-state index in [1.165, 1.54) is 5.56 Å². The monoisotopic (exact) mass is 367 g/mol. The number of para-hydroxylation sites is 1. The Hall–Kier alpha value is -3.66. The molecule has 1 N–H and O–H groups in total. The van der Waals surface area contributed by atoms with Gasteiger partial charge in [0, 0.05) is 23.1 Å². The number of benzene rings is 3. The van der Waals surface area contributed by atoms with Gasteiger partial charge in [0.15, 0.2) is 0 Å². The fraction of sp³-hybridized carbons (Fsp3) is 0.0833. The van der Waals surface area contributed by atoms with Crippen LogP contribution in [0.4, 0.5) is 5.69 Å². The molecule has 138 valence electrons. The molecule has 0 bridgehead atoms. The standard InChI is InChI=1S/C24H21N3O/c1-18-15-16-25-27(18)22-13-11-20(12-14-22)24(28)26-23-10-6-5-9-21(23)17-19-7-3-2-4-8-19/h2-16H,17H2,1H3,(H,26,28). The first kappa shape index (κ1) is 17.7. The van der Waals surface area contributed by atoms with E-state index >= 15 is 0 Å². The third-order valence-corrected chi connectivity index (χ3v) is 4.71. The predicted octanol–water partition coefficient (Wildman–Crippen LogP) is 5.02. The largest absolute Gasteiger partial charge is 0.322 e. The Bertz CT molecular complexity index is 1080. The molecule has 1 heterocycles. The van der Waals surface area contributed by atoms with Crippen LogP contribution in [-0.2, 0) is 6.42 Å². The van der Waals surface area contributed by atoms with E-state index in [0.717, 1.165) is 29.1 Å². The zero-order chi connectivity index (χ0) is 19.3. The van der Waals surface area contributed by atoms with Crippen LogP contribution in [-0.4, -0.2) is 15.7 Å². The minimum Gasteiger partial charge on any atom is -0.322 e. The second kappa shape index (κ2) is 7.92. The van der Waals surface area contributed by atoms with Crippen LogP contribution in [0.5, 0.6) is 0 Å². The second-order valence-electron chi connectivity index (χ2n) is 6.70. The molecular formula is C24H21N3O. The summed E-state index contributed by atoms with van der Waals surface area (Å²) >= 11 is 0. The number of hydrogen-bond donors (Lipinski definition) is 1. The summed E-state index contributed by atoms with van der Waals surface area (Å²) in [6.07, 6.45) is 2.54. The van der Waals surface area contributed by atoms with Crippen molar-refractivity contribution >= 4 is 11.6 Å². The third kappa shape index (κ3) is 3.86. The molecule has 1 amide bonds. The third-order valence-electron chi connectivity index (χ3n) is 4.71. The van der Waals surface area contributed by atoms with E-state index < -0.39 is 0 Å². The van der Waals surface area contributed by atoms with Gasteiger partial charge in [-0.1, -0.05) is 48.5 Å². The van der Waals surface area contributed by atoms with Crippen LogP contribution in [0.2, 0.25) is 0 Å². The number of nitrogens with one attached hydrogen (secondary N) is 1. The Balaban J connectivity index is 1.52. The lowest BCUT2D eigenvalue weighted by Gasteiger charge is -2.12. The maximum Gasteiger partial charge on any atom is 0.255 e. The van der Waals surface area contributed by atoms with Gasteiger partial charge in [0.1, 0.15) is 0 Å². The molecule has 0 radical (unpaired) electrons. The highest BCUT2D eigenvalue weighted by atomic mass is 16.1. The molecule has 0 fully saturated rings. The summed E-state index contributed by atoms with van der Waals surface area (Å²) in [4.78, 5) is 12.7. The van der Waals surface area contributed by atoms with E-state index in [0.29, 0.717) is 5.56 Å². The Morgan fingerprint density at radius 3 is 2.32 bits per heavy atom. The highest BCUT2D eigenvalue weighted by molar-refractivity contribution is 6.04. The van der Waals surface area contributed by atoms with Crippen molar-refractivity contribution in [2.45, 2.75) is 13.3 Å². The number of nitrogens with zero attached hydrogens (tertiary/aromatic N) is 2. The lowest BCUT2D eigenvalue weighted by Crippen LogP contribution is -2.13. The Kier molecular flexibility index (Phi) is 5.02. The van der Waals surface area contributed by atoms with Crippen LogP contribution in [0.25, 0.3) is 5.69 Å². The van der Waals surface area contributed by atoms with E-state index in [4.69, 9.17) is 0 Å². The summed E-state index contributed by atoms with van der Waals surface area (Å²) in [6, 6.07) is 27.6. The van der Waals surface area contributed by atoms with Crippen molar-refractivity contribution < 1.29 is 4.79 Å². The van der Waals surface area contributed by atoms with Crippen LogP contribution in [0.3, 0.4) is 0 Å². The van der Waals surface area contributed by atoms with Crippen molar-refractivity contribution in [3.63, 3.8) is 0 Å². The summed E-state index contributed by atoms with van der Waals surface area (Å²) in [5, 5.41) is 7.35. The number of carbonyl (C=O) groups is 1. The van der Waals surface area contributed by atoms with Gasteiger partial charge in [-0.15, -0.1) is 0 Å². The minimum atomic E-state index is -0.121. The van der Waals surface area contributed by atoms with E-state index in [-0.39, 0.29) is 5.91 Å². The summed E-state index contributed by atoms with van der Waals surface area (Å²) in [5.41, 5.74) is 5.73. The molecule has 4 rings (SSSR count). The topological polar surface area (TPSA) is 46.9 Å².